The maximum absolute atomic E-state index is 12.1. The summed E-state index contributed by atoms with van der Waals surface area (Å²) >= 11 is 0. The molecular formula is C28H48O3. The van der Waals surface area contributed by atoms with E-state index in [-0.39, 0.29) is 17.3 Å². The topological polar surface area (TPSA) is 43.4 Å². The second-order valence-corrected chi connectivity index (χ2v) is 9.23. The smallest absolute Gasteiger partial charge is 0.223 e. The van der Waals surface area contributed by atoms with Gasteiger partial charge in [-0.05, 0) is 18.9 Å². The third-order valence-electron chi connectivity index (χ3n) is 6.37. The highest BCUT2D eigenvalue weighted by Crippen LogP contribution is 2.20. The van der Waals surface area contributed by atoms with E-state index in [1.54, 1.807) is 0 Å². The molecule has 0 aromatic heterocycles. The van der Waals surface area contributed by atoms with Gasteiger partial charge in [-0.25, -0.2) is 0 Å². The normalized spacial score (nSPS) is 14.0. The number of allylic oxidation sites excluding steroid dienone is 3. The number of unbranched alkanes of at least 4 members (excludes halogenated alkanes) is 18. The van der Waals surface area contributed by atoms with Crippen molar-refractivity contribution in [2.24, 2.45) is 0 Å². The molecule has 0 heterocycles. The van der Waals surface area contributed by atoms with Gasteiger partial charge in [0.05, 0.1) is 7.11 Å². The molecule has 0 atom stereocenters. The molecule has 0 radical (unpaired) electrons. The minimum absolute atomic E-state index is 0.121. The number of rotatable bonds is 21. The Bertz CT molecular complexity index is 544. The first-order chi connectivity index (χ1) is 15.2. The Morgan fingerprint density at radius 2 is 0.968 bits per heavy atom. The molecule has 0 aromatic rings. The number of ether oxygens (including phenoxy) is 1. The van der Waals surface area contributed by atoms with Crippen molar-refractivity contribution < 1.29 is 14.3 Å². The fourth-order valence-electron chi connectivity index (χ4n) is 4.36. The third kappa shape index (κ3) is 14.3. The first-order valence-corrected chi connectivity index (χ1v) is 13.2. The van der Waals surface area contributed by atoms with Crippen LogP contribution < -0.4 is 0 Å². The quantitative estimate of drug-likeness (QED) is 0.135. The van der Waals surface area contributed by atoms with Crippen LogP contribution in [0.25, 0.3) is 0 Å². The van der Waals surface area contributed by atoms with Crippen LogP contribution in [-0.2, 0) is 14.3 Å². The average molecular weight is 433 g/mol. The van der Waals surface area contributed by atoms with Crippen LogP contribution in [0.4, 0.5) is 0 Å². The molecule has 0 saturated carbocycles. The molecule has 0 spiro atoms. The molecule has 0 unspecified atom stereocenters. The summed E-state index contributed by atoms with van der Waals surface area (Å²) in [5.41, 5.74) is 0.608. The van der Waals surface area contributed by atoms with Crippen LogP contribution in [0, 0.1) is 0 Å². The summed E-state index contributed by atoms with van der Waals surface area (Å²) in [6.07, 6.45) is 29.2. The molecule has 0 aromatic carbocycles. The van der Waals surface area contributed by atoms with Gasteiger partial charge in [-0.15, -0.1) is 0 Å². The molecule has 178 valence electrons. The van der Waals surface area contributed by atoms with E-state index < -0.39 is 0 Å². The lowest BCUT2D eigenvalue weighted by Gasteiger charge is -2.12. The number of Topliss-reactive ketones (excluding diaryl/α,β-unsaturated/α-hetero) is 1. The van der Waals surface area contributed by atoms with E-state index in [2.05, 4.69) is 6.92 Å². The summed E-state index contributed by atoms with van der Waals surface area (Å²) in [4.78, 5) is 23.7. The van der Waals surface area contributed by atoms with E-state index in [9.17, 15) is 9.59 Å². The Morgan fingerprint density at radius 3 is 1.35 bits per heavy atom. The predicted molar refractivity (Wildman–Crippen MR) is 131 cm³/mol. The van der Waals surface area contributed by atoms with Crippen LogP contribution in [0.5, 0.6) is 0 Å². The lowest BCUT2D eigenvalue weighted by Crippen LogP contribution is -2.15. The molecule has 1 rings (SSSR count). The van der Waals surface area contributed by atoms with E-state index in [1.807, 2.05) is 0 Å². The highest BCUT2D eigenvalue weighted by Gasteiger charge is 2.21. The fourth-order valence-corrected chi connectivity index (χ4v) is 4.36. The summed E-state index contributed by atoms with van der Waals surface area (Å²) in [7, 11) is 1.44. The first-order valence-electron chi connectivity index (χ1n) is 13.2. The fraction of sp³-hybridized carbons (Fsp3) is 0.786. The molecule has 1 aliphatic rings. The summed E-state index contributed by atoms with van der Waals surface area (Å²) in [6.45, 7) is 2.28. The molecule has 0 bridgehead atoms. The lowest BCUT2D eigenvalue weighted by atomic mass is 9.96. The van der Waals surface area contributed by atoms with Crippen molar-refractivity contribution in [1.82, 2.24) is 0 Å². The Labute approximate surface area is 192 Å². The van der Waals surface area contributed by atoms with E-state index in [4.69, 9.17) is 4.74 Å². The highest BCUT2D eigenvalue weighted by atomic mass is 16.5. The van der Waals surface area contributed by atoms with Crippen LogP contribution in [0.1, 0.15) is 135 Å². The van der Waals surface area contributed by atoms with Crippen LogP contribution in [0.2, 0.25) is 0 Å². The minimum atomic E-state index is -0.135. The van der Waals surface area contributed by atoms with E-state index in [0.29, 0.717) is 12.0 Å². The second kappa shape index (κ2) is 19.3. The van der Waals surface area contributed by atoms with Crippen molar-refractivity contribution >= 4 is 11.6 Å². The molecule has 3 heteroatoms. The van der Waals surface area contributed by atoms with Gasteiger partial charge < -0.3 is 4.74 Å². The Balaban J connectivity index is 1.81. The summed E-state index contributed by atoms with van der Waals surface area (Å²) in [6, 6.07) is 0. The number of ketones is 2. The summed E-state index contributed by atoms with van der Waals surface area (Å²) in [5.74, 6) is -0.0749. The van der Waals surface area contributed by atoms with E-state index in [0.717, 1.165) is 12.8 Å². The van der Waals surface area contributed by atoms with Crippen molar-refractivity contribution in [2.45, 2.75) is 135 Å². The van der Waals surface area contributed by atoms with Gasteiger partial charge in [0.25, 0.3) is 0 Å². The Hall–Kier alpha value is -1.38. The zero-order valence-electron chi connectivity index (χ0n) is 20.5. The van der Waals surface area contributed by atoms with Crippen LogP contribution in [0.15, 0.2) is 23.5 Å². The second-order valence-electron chi connectivity index (χ2n) is 9.23. The molecule has 31 heavy (non-hydrogen) atoms. The van der Waals surface area contributed by atoms with Gasteiger partial charge in [-0.3, -0.25) is 9.59 Å². The number of carbonyl (C=O) groups is 2. The average Bonchev–Trinajstić information content (AvgIpc) is 2.77. The van der Waals surface area contributed by atoms with Crippen molar-refractivity contribution in [1.29, 1.82) is 0 Å². The van der Waals surface area contributed by atoms with Crippen molar-refractivity contribution in [3.8, 4) is 0 Å². The third-order valence-corrected chi connectivity index (χ3v) is 6.37. The number of methoxy groups -OCH3 is 1. The number of carbonyl (C=O) groups excluding carboxylic acids is 2. The molecule has 0 fully saturated rings. The van der Waals surface area contributed by atoms with Gasteiger partial charge in [-0.1, -0.05) is 122 Å². The molecule has 0 aliphatic heterocycles. The number of hydrogen-bond acceptors (Lipinski definition) is 3. The van der Waals surface area contributed by atoms with Gasteiger partial charge in [0.2, 0.25) is 5.78 Å². The molecule has 3 nitrogen and oxygen atoms in total. The van der Waals surface area contributed by atoms with Crippen LogP contribution >= 0.6 is 0 Å². The SMILES string of the molecule is CCCCCCCCCCCCCCCCCCCCCC1=CC(=O)C=C(OC)C1=O. The maximum Gasteiger partial charge on any atom is 0.223 e. The van der Waals surface area contributed by atoms with Crippen LogP contribution in [-0.4, -0.2) is 18.7 Å². The molecule has 0 N–H and O–H groups in total. The Morgan fingerprint density at radius 1 is 0.581 bits per heavy atom. The first kappa shape index (κ1) is 27.7. The maximum atomic E-state index is 12.1. The highest BCUT2D eigenvalue weighted by molar-refractivity contribution is 6.19. The minimum Gasteiger partial charge on any atom is -0.493 e. The van der Waals surface area contributed by atoms with E-state index >= 15 is 0 Å². The lowest BCUT2D eigenvalue weighted by molar-refractivity contribution is -0.117. The monoisotopic (exact) mass is 432 g/mol. The van der Waals surface area contributed by atoms with Crippen molar-refractivity contribution in [2.75, 3.05) is 7.11 Å². The zero-order chi connectivity index (χ0) is 22.6. The van der Waals surface area contributed by atoms with E-state index in [1.165, 1.54) is 128 Å². The standard InChI is InChI=1S/C28H48O3/c1-3-4-5-6-7-8-9-10-11-12-13-14-15-16-17-18-19-20-21-22-25-23-26(29)24-27(31-2)28(25)30/h23-24H,3-22H2,1-2H3. The van der Waals surface area contributed by atoms with Gasteiger partial charge in [-0.2, -0.15) is 0 Å². The Kier molecular flexibility index (Phi) is 17.2. The van der Waals surface area contributed by atoms with Gasteiger partial charge in [0.15, 0.2) is 11.5 Å². The molecule has 1 aliphatic carbocycles. The molecule has 0 amide bonds. The predicted octanol–water partition coefficient (Wildman–Crippen LogP) is 8.42. The van der Waals surface area contributed by atoms with Crippen molar-refractivity contribution in [3.63, 3.8) is 0 Å². The van der Waals surface area contributed by atoms with Gasteiger partial charge in [0, 0.05) is 11.6 Å². The summed E-state index contributed by atoms with van der Waals surface area (Å²) < 4.78 is 5.00. The zero-order valence-corrected chi connectivity index (χ0v) is 20.5. The van der Waals surface area contributed by atoms with Crippen molar-refractivity contribution in [3.05, 3.63) is 23.5 Å². The largest absolute Gasteiger partial charge is 0.493 e. The van der Waals surface area contributed by atoms with Gasteiger partial charge in [0.1, 0.15) is 0 Å². The summed E-state index contributed by atoms with van der Waals surface area (Å²) in [5, 5.41) is 0. The molecule has 0 saturated heterocycles. The van der Waals surface area contributed by atoms with Crippen LogP contribution in [0.3, 0.4) is 0 Å². The number of hydrogen-bond donors (Lipinski definition) is 0. The van der Waals surface area contributed by atoms with Gasteiger partial charge >= 0.3 is 0 Å². The molecular weight excluding hydrogens is 384 g/mol.